The number of fused-ring (bicyclic) bond motifs is 2. The molecule has 0 radical (unpaired) electrons. The Morgan fingerprint density at radius 1 is 1.14 bits per heavy atom. The predicted octanol–water partition coefficient (Wildman–Crippen LogP) is 3.24. The number of benzene rings is 1. The molecule has 2 fully saturated rings. The van der Waals surface area contributed by atoms with Gasteiger partial charge in [0.15, 0.2) is 0 Å². The molecule has 2 saturated heterocycles. The summed E-state index contributed by atoms with van der Waals surface area (Å²) < 4.78 is 0. The van der Waals surface area contributed by atoms with E-state index in [1.165, 1.54) is 25.1 Å². The summed E-state index contributed by atoms with van der Waals surface area (Å²) in [6.45, 7) is 3.44. The van der Waals surface area contributed by atoms with Gasteiger partial charge in [-0.3, -0.25) is 4.79 Å². The minimum Gasteiger partial charge on any atom is -0.347 e. The monoisotopic (exact) mass is 312 g/mol. The molecule has 3 atom stereocenters. The molecular formula is C18H20N2OS. The summed E-state index contributed by atoms with van der Waals surface area (Å²) in [4.78, 5) is 16.9. The Bertz CT molecular complexity index is 655. The lowest BCUT2D eigenvalue weighted by Gasteiger charge is -2.30. The van der Waals surface area contributed by atoms with Crippen molar-refractivity contribution in [2.75, 3.05) is 19.6 Å². The van der Waals surface area contributed by atoms with E-state index >= 15 is 0 Å². The lowest BCUT2D eigenvalue weighted by Crippen LogP contribution is -2.46. The molecule has 2 bridgehead atoms. The maximum absolute atomic E-state index is 12.5. The molecule has 2 aromatic rings. The van der Waals surface area contributed by atoms with Gasteiger partial charge < -0.3 is 10.2 Å². The topological polar surface area (TPSA) is 32.3 Å². The van der Waals surface area contributed by atoms with Crippen LogP contribution in [0.3, 0.4) is 0 Å². The molecule has 3 heterocycles. The van der Waals surface area contributed by atoms with Gasteiger partial charge in [0.1, 0.15) is 0 Å². The highest BCUT2D eigenvalue weighted by molar-refractivity contribution is 7.17. The molecular weight excluding hydrogens is 292 g/mol. The van der Waals surface area contributed by atoms with Crippen LogP contribution in [0.5, 0.6) is 0 Å². The zero-order valence-electron chi connectivity index (χ0n) is 12.5. The van der Waals surface area contributed by atoms with Crippen molar-refractivity contribution >= 4 is 17.2 Å². The van der Waals surface area contributed by atoms with Crippen LogP contribution in [0.2, 0.25) is 0 Å². The zero-order chi connectivity index (χ0) is 14.9. The molecule has 1 aromatic heterocycles. The summed E-state index contributed by atoms with van der Waals surface area (Å²) in [5, 5.41) is 3.23. The molecule has 22 heavy (non-hydrogen) atoms. The predicted molar refractivity (Wildman–Crippen MR) is 90.2 cm³/mol. The van der Waals surface area contributed by atoms with Crippen molar-refractivity contribution in [3.05, 3.63) is 47.3 Å². The third kappa shape index (κ3) is 2.81. The van der Waals surface area contributed by atoms with Crippen molar-refractivity contribution in [1.82, 2.24) is 10.2 Å². The molecule has 4 rings (SSSR count). The van der Waals surface area contributed by atoms with Crippen molar-refractivity contribution in [3.8, 4) is 10.4 Å². The summed E-state index contributed by atoms with van der Waals surface area (Å²) in [6.07, 6.45) is 2.43. The van der Waals surface area contributed by atoms with Crippen molar-refractivity contribution in [1.29, 1.82) is 0 Å². The van der Waals surface area contributed by atoms with Crippen LogP contribution in [0.1, 0.15) is 22.5 Å². The van der Waals surface area contributed by atoms with E-state index in [0.717, 1.165) is 28.6 Å². The van der Waals surface area contributed by atoms with E-state index in [0.29, 0.717) is 6.04 Å². The second-order valence-corrected chi connectivity index (χ2v) is 7.43. The number of amides is 1. The highest BCUT2D eigenvalue weighted by Gasteiger charge is 2.33. The highest BCUT2D eigenvalue weighted by atomic mass is 32.1. The fraction of sp³-hybridized carbons (Fsp3) is 0.389. The van der Waals surface area contributed by atoms with Crippen LogP contribution in [-0.2, 0) is 0 Å². The molecule has 0 saturated carbocycles. The van der Waals surface area contributed by atoms with E-state index in [-0.39, 0.29) is 5.91 Å². The van der Waals surface area contributed by atoms with Crippen molar-refractivity contribution in [3.63, 3.8) is 0 Å². The molecule has 3 nitrogen and oxygen atoms in total. The van der Waals surface area contributed by atoms with Gasteiger partial charge in [0, 0.05) is 24.0 Å². The van der Waals surface area contributed by atoms with Crippen LogP contribution >= 0.6 is 11.3 Å². The molecule has 1 aromatic carbocycles. The molecule has 2 aliphatic rings. The summed E-state index contributed by atoms with van der Waals surface area (Å²) >= 11 is 1.57. The highest BCUT2D eigenvalue weighted by Crippen LogP contribution is 2.29. The summed E-state index contributed by atoms with van der Waals surface area (Å²) in [5.41, 5.74) is 1.17. The number of thiophene rings is 1. The summed E-state index contributed by atoms with van der Waals surface area (Å²) in [7, 11) is 0. The van der Waals surface area contributed by atoms with Crippen LogP contribution in [0.25, 0.3) is 10.4 Å². The minimum atomic E-state index is 0.0830. The van der Waals surface area contributed by atoms with Crippen LogP contribution in [0, 0.1) is 5.92 Å². The van der Waals surface area contributed by atoms with E-state index in [4.69, 9.17) is 0 Å². The van der Waals surface area contributed by atoms with Gasteiger partial charge in [0.25, 0.3) is 5.91 Å². The zero-order valence-corrected chi connectivity index (χ0v) is 13.3. The Balaban J connectivity index is 1.44. The molecule has 2 aliphatic heterocycles. The largest absolute Gasteiger partial charge is 0.347 e. The summed E-state index contributed by atoms with van der Waals surface area (Å²) in [5.74, 6) is 0.863. The number of nitrogens with one attached hydrogen (secondary N) is 1. The Labute approximate surface area is 135 Å². The van der Waals surface area contributed by atoms with Gasteiger partial charge in [-0.05, 0) is 43.0 Å². The number of hydrogen-bond acceptors (Lipinski definition) is 3. The lowest BCUT2D eigenvalue weighted by atomic mass is 9.97. The second-order valence-electron chi connectivity index (χ2n) is 6.35. The van der Waals surface area contributed by atoms with Gasteiger partial charge in [-0.15, -0.1) is 11.3 Å². The molecule has 1 N–H and O–H groups in total. The van der Waals surface area contributed by atoms with E-state index < -0.39 is 0 Å². The molecule has 1 unspecified atom stereocenters. The van der Waals surface area contributed by atoms with Gasteiger partial charge in [-0.1, -0.05) is 30.3 Å². The molecule has 0 aliphatic carbocycles. The lowest BCUT2D eigenvalue weighted by molar-refractivity contribution is 0.0913. The molecule has 0 spiro atoms. The molecule has 114 valence electrons. The maximum atomic E-state index is 12.5. The van der Waals surface area contributed by atoms with E-state index in [2.05, 4.69) is 22.3 Å². The van der Waals surface area contributed by atoms with Crippen molar-refractivity contribution in [2.45, 2.75) is 18.9 Å². The Kier molecular flexibility index (Phi) is 3.72. The summed E-state index contributed by atoms with van der Waals surface area (Å²) in [6, 6.07) is 14.5. The first-order valence-electron chi connectivity index (χ1n) is 7.96. The smallest absolute Gasteiger partial charge is 0.261 e. The Morgan fingerprint density at radius 2 is 2.00 bits per heavy atom. The van der Waals surface area contributed by atoms with E-state index in [1.807, 2.05) is 30.3 Å². The Hall–Kier alpha value is -1.65. The average molecular weight is 312 g/mol. The fourth-order valence-corrected chi connectivity index (χ4v) is 4.55. The van der Waals surface area contributed by atoms with Gasteiger partial charge >= 0.3 is 0 Å². The average Bonchev–Trinajstić information content (AvgIpc) is 3.15. The van der Waals surface area contributed by atoms with Crippen molar-refractivity contribution < 1.29 is 4.79 Å². The normalized spacial score (nSPS) is 26.8. The third-order valence-electron chi connectivity index (χ3n) is 4.69. The van der Waals surface area contributed by atoms with Gasteiger partial charge in [-0.25, -0.2) is 0 Å². The standard InChI is InChI=1S/C18H20N2OS/c21-18(19-15-10-13-8-9-20(11-13)12-15)17-7-6-16(22-17)14-4-2-1-3-5-14/h1-7,13,15H,8-12H2,(H,19,21)/t13-,15-/m1/s1. The van der Waals surface area contributed by atoms with Crippen molar-refractivity contribution in [2.24, 2.45) is 5.92 Å². The number of hydrogen-bond donors (Lipinski definition) is 1. The third-order valence-corrected chi connectivity index (χ3v) is 5.82. The number of piperidine rings is 1. The Morgan fingerprint density at radius 3 is 2.82 bits per heavy atom. The first kappa shape index (κ1) is 14.0. The van der Waals surface area contributed by atoms with E-state index in [1.54, 1.807) is 11.3 Å². The molecule has 1 amide bonds. The van der Waals surface area contributed by atoms with Gasteiger partial charge in [0.2, 0.25) is 0 Å². The van der Waals surface area contributed by atoms with Crippen LogP contribution < -0.4 is 5.32 Å². The number of nitrogens with zero attached hydrogens (tertiary/aromatic N) is 1. The van der Waals surface area contributed by atoms with Crippen LogP contribution in [0.4, 0.5) is 0 Å². The van der Waals surface area contributed by atoms with Crippen LogP contribution in [0.15, 0.2) is 42.5 Å². The first-order chi connectivity index (χ1) is 10.8. The van der Waals surface area contributed by atoms with Crippen LogP contribution in [-0.4, -0.2) is 36.5 Å². The second kappa shape index (κ2) is 5.86. The fourth-order valence-electron chi connectivity index (χ4n) is 3.64. The minimum absolute atomic E-state index is 0.0830. The SMILES string of the molecule is O=C(N[C@@H]1C[C@H]2CCN(C2)C1)c1ccc(-c2ccccc2)s1. The van der Waals surface area contributed by atoms with Gasteiger partial charge in [0.05, 0.1) is 4.88 Å². The number of carbonyl (C=O) groups is 1. The maximum Gasteiger partial charge on any atom is 0.261 e. The first-order valence-corrected chi connectivity index (χ1v) is 8.78. The quantitative estimate of drug-likeness (QED) is 0.943. The van der Waals surface area contributed by atoms with Gasteiger partial charge in [-0.2, -0.15) is 0 Å². The number of rotatable bonds is 3. The molecule has 4 heteroatoms. The van der Waals surface area contributed by atoms with E-state index in [9.17, 15) is 4.79 Å². The number of carbonyl (C=O) groups excluding carboxylic acids is 1.